The Bertz CT molecular complexity index is 2030. The summed E-state index contributed by atoms with van der Waals surface area (Å²) in [6, 6.07) is 30.8. The number of rotatable bonds is 19. The number of carboxylic acids is 1. The van der Waals surface area contributed by atoms with Crippen LogP contribution in [0.1, 0.15) is 89.5 Å². The first kappa shape index (κ1) is 44.2. The topological polar surface area (TPSA) is 153 Å². The van der Waals surface area contributed by atoms with Crippen LogP contribution in [0.5, 0.6) is 11.5 Å². The molecule has 0 unspecified atom stereocenters. The quantitative estimate of drug-likeness (QED) is 0.0540. The number of hydrogen-bond donors (Lipinski definition) is 3. The predicted molar refractivity (Wildman–Crippen MR) is 229 cm³/mol. The van der Waals surface area contributed by atoms with Gasteiger partial charge in [0.25, 0.3) is 0 Å². The normalized spacial score (nSPS) is 13.1. The van der Waals surface area contributed by atoms with Gasteiger partial charge < -0.3 is 34.0 Å². The maximum atomic E-state index is 13.5. The minimum absolute atomic E-state index is 0.000831. The average molecular weight is 826 g/mol. The van der Waals surface area contributed by atoms with Crippen LogP contribution in [0.4, 0.5) is 0 Å². The molecule has 308 valence electrons. The molecule has 0 aliphatic carbocycles. The zero-order valence-electron chi connectivity index (χ0n) is 34.6. The van der Waals surface area contributed by atoms with Crippen molar-refractivity contribution >= 4 is 32.0 Å². The number of thioether (sulfide) groups is 1. The number of benzene rings is 4. The first-order chi connectivity index (χ1) is 27.6. The Kier molecular flexibility index (Phi) is 14.6. The van der Waals surface area contributed by atoms with E-state index in [1.54, 1.807) is 19.9 Å². The van der Waals surface area contributed by atoms with Gasteiger partial charge in [-0.3, -0.25) is 4.79 Å². The van der Waals surface area contributed by atoms with E-state index >= 15 is 0 Å². The van der Waals surface area contributed by atoms with Gasteiger partial charge in [-0.15, -0.1) is 0 Å². The van der Waals surface area contributed by atoms with Gasteiger partial charge in [-0.05, 0) is 55.1 Å². The van der Waals surface area contributed by atoms with Crippen LogP contribution in [0.3, 0.4) is 0 Å². The molecule has 5 aromatic rings. The molecule has 0 saturated carbocycles. The van der Waals surface area contributed by atoms with E-state index in [9.17, 15) is 19.8 Å². The smallest absolute Gasteiger partial charge is 0.336 e. The summed E-state index contributed by atoms with van der Waals surface area (Å²) < 4.78 is 24.5. The summed E-state index contributed by atoms with van der Waals surface area (Å²) in [4.78, 5) is 30.6. The maximum Gasteiger partial charge on any atom is 0.336 e. The van der Waals surface area contributed by atoms with Gasteiger partial charge in [0.15, 0.2) is 5.82 Å². The third-order valence-electron chi connectivity index (χ3n) is 10.7. The van der Waals surface area contributed by atoms with Gasteiger partial charge >= 0.3 is 5.97 Å². The number of carboxylic acid groups (broad SMARTS) is 1. The van der Waals surface area contributed by atoms with Gasteiger partial charge in [0, 0.05) is 35.1 Å². The summed E-state index contributed by atoms with van der Waals surface area (Å²) in [6.45, 7) is 14.0. The Hall–Kier alpha value is -4.95. The van der Waals surface area contributed by atoms with E-state index in [1.165, 1.54) is 18.9 Å². The molecule has 0 radical (unpaired) electrons. The number of amides is 1. The van der Waals surface area contributed by atoms with Crippen molar-refractivity contribution in [3.8, 4) is 11.5 Å². The summed E-state index contributed by atoms with van der Waals surface area (Å²) >= 11 is 1.41. The third-order valence-corrected chi connectivity index (χ3v) is 16.1. The maximum absolute atomic E-state index is 13.5. The monoisotopic (exact) mass is 825 g/mol. The second-order valence-electron chi connectivity index (χ2n) is 15.8. The van der Waals surface area contributed by atoms with E-state index in [1.807, 2.05) is 91.0 Å². The highest BCUT2D eigenvalue weighted by Gasteiger charge is 2.41. The second kappa shape index (κ2) is 19.2. The van der Waals surface area contributed by atoms with Gasteiger partial charge in [0.05, 0.1) is 25.4 Å². The molecule has 5 rings (SSSR count). The van der Waals surface area contributed by atoms with Crippen molar-refractivity contribution in [2.45, 2.75) is 89.1 Å². The van der Waals surface area contributed by atoms with Crippen molar-refractivity contribution in [2.24, 2.45) is 0 Å². The van der Waals surface area contributed by atoms with Crippen LogP contribution in [0.25, 0.3) is 0 Å². The standard InChI is InChI=1S/C45H55N3O8SSi/c1-30-38(53-6)26-39(56-58(7,8)44(3,4)5)36(41(30)43(51)52)28-57-29-37(42-46-31(2)48-55-42)47-40(50)25-24-35(49)27-54-45(32-18-12-9-13-19-32,33-20-14-10-15-21-33)34-22-16-11-17-23-34/h9-23,26,35,37,49H,24-25,27-29H2,1-8H3,(H,47,50)(H,51,52)/t35-,37+/m1/s1. The lowest BCUT2D eigenvalue weighted by molar-refractivity contribution is -0.122. The van der Waals surface area contributed by atoms with Gasteiger partial charge in [-0.25, -0.2) is 4.79 Å². The highest BCUT2D eigenvalue weighted by Crippen LogP contribution is 2.43. The molecule has 1 aromatic heterocycles. The Morgan fingerprint density at radius 2 is 1.45 bits per heavy atom. The van der Waals surface area contributed by atoms with Crippen molar-refractivity contribution in [3.63, 3.8) is 0 Å². The number of methoxy groups -OCH3 is 1. The number of aliphatic hydroxyl groups excluding tert-OH is 1. The molecule has 0 bridgehead atoms. The first-order valence-electron chi connectivity index (χ1n) is 19.4. The van der Waals surface area contributed by atoms with Crippen LogP contribution >= 0.6 is 11.8 Å². The number of aromatic nitrogens is 2. The highest BCUT2D eigenvalue weighted by atomic mass is 32.2. The number of nitrogens with zero attached hydrogens (tertiary/aromatic N) is 2. The number of ether oxygens (including phenoxy) is 2. The van der Waals surface area contributed by atoms with Gasteiger partial charge in [0.2, 0.25) is 20.1 Å². The predicted octanol–water partition coefficient (Wildman–Crippen LogP) is 9.02. The molecule has 0 aliphatic heterocycles. The summed E-state index contributed by atoms with van der Waals surface area (Å²) in [6.07, 6.45) is -0.838. The Morgan fingerprint density at radius 1 is 0.897 bits per heavy atom. The molecule has 1 heterocycles. The van der Waals surface area contributed by atoms with Crippen LogP contribution in [0.2, 0.25) is 18.1 Å². The lowest BCUT2D eigenvalue weighted by Crippen LogP contribution is -2.44. The molecule has 0 fully saturated rings. The number of carbonyl (C=O) groups is 2. The molecule has 3 N–H and O–H groups in total. The van der Waals surface area contributed by atoms with Crippen molar-refractivity contribution in [1.29, 1.82) is 0 Å². The number of aliphatic hydroxyl groups is 1. The largest absolute Gasteiger partial charge is 0.543 e. The second-order valence-corrected chi connectivity index (χ2v) is 21.6. The van der Waals surface area contributed by atoms with Gasteiger partial charge in [-0.1, -0.05) is 117 Å². The molecule has 0 saturated heterocycles. The third kappa shape index (κ3) is 10.4. The Morgan fingerprint density at radius 3 is 1.91 bits per heavy atom. The van der Waals surface area contributed by atoms with Crippen LogP contribution in [-0.2, 0) is 20.9 Å². The number of aromatic carboxylic acids is 1. The van der Waals surface area contributed by atoms with Crippen LogP contribution < -0.4 is 14.5 Å². The minimum Gasteiger partial charge on any atom is -0.543 e. The van der Waals surface area contributed by atoms with Crippen LogP contribution in [0, 0.1) is 13.8 Å². The fourth-order valence-corrected chi connectivity index (χ4v) is 8.60. The minimum atomic E-state index is -2.39. The highest BCUT2D eigenvalue weighted by molar-refractivity contribution is 7.98. The number of nitrogens with one attached hydrogen (secondary N) is 1. The lowest BCUT2D eigenvalue weighted by atomic mass is 9.80. The molecular weight excluding hydrogens is 771 g/mol. The van der Waals surface area contributed by atoms with E-state index in [4.69, 9.17) is 18.4 Å². The van der Waals surface area contributed by atoms with Gasteiger partial charge in [0.1, 0.15) is 23.1 Å². The Labute approximate surface area is 346 Å². The molecule has 1 amide bonds. The zero-order valence-corrected chi connectivity index (χ0v) is 36.4. The first-order valence-corrected chi connectivity index (χ1v) is 23.4. The average Bonchev–Trinajstić information content (AvgIpc) is 3.64. The van der Waals surface area contributed by atoms with Crippen molar-refractivity contribution < 1.29 is 38.2 Å². The number of hydrogen-bond acceptors (Lipinski definition) is 10. The van der Waals surface area contributed by atoms with Crippen molar-refractivity contribution in [3.05, 3.63) is 142 Å². The van der Waals surface area contributed by atoms with Crippen LogP contribution in [-0.4, -0.2) is 66.1 Å². The summed E-state index contributed by atoms with van der Waals surface area (Å²) in [5, 5.41) is 28.5. The molecule has 13 heteroatoms. The molecule has 0 aliphatic rings. The summed E-state index contributed by atoms with van der Waals surface area (Å²) in [7, 11) is -0.874. The van der Waals surface area contributed by atoms with E-state index in [-0.39, 0.29) is 53.4 Å². The Balaban J connectivity index is 1.31. The zero-order chi connectivity index (χ0) is 42.1. The van der Waals surface area contributed by atoms with E-state index < -0.39 is 32.0 Å². The van der Waals surface area contributed by atoms with E-state index in [0.717, 1.165) is 16.7 Å². The molecular formula is C45H55N3O8SSi. The molecule has 0 spiro atoms. The SMILES string of the molecule is COc1cc(O[Si](C)(C)C(C)(C)C)c(CSC[C@H](NC(=O)CC[C@@H](O)COC(c2ccccc2)(c2ccccc2)c2ccccc2)c2nc(C)no2)c(C(=O)O)c1C. The number of carbonyl (C=O) groups excluding carboxylic acids is 1. The molecule has 4 aromatic carbocycles. The molecule has 58 heavy (non-hydrogen) atoms. The summed E-state index contributed by atoms with van der Waals surface area (Å²) in [5.74, 6) is 0.686. The molecule has 11 nitrogen and oxygen atoms in total. The number of aryl methyl sites for hydroxylation is 1. The van der Waals surface area contributed by atoms with Gasteiger partial charge in [-0.2, -0.15) is 16.7 Å². The fourth-order valence-electron chi connectivity index (χ4n) is 6.50. The fraction of sp³-hybridized carbons (Fsp3) is 0.378. The van der Waals surface area contributed by atoms with E-state index in [2.05, 4.69) is 49.3 Å². The molecule has 2 atom stereocenters. The van der Waals surface area contributed by atoms with Crippen LogP contribution in [0.15, 0.2) is 102 Å². The lowest BCUT2D eigenvalue weighted by Gasteiger charge is -2.37. The van der Waals surface area contributed by atoms with Crippen molar-refractivity contribution in [1.82, 2.24) is 15.5 Å². The van der Waals surface area contributed by atoms with Crippen molar-refractivity contribution in [2.75, 3.05) is 19.5 Å². The van der Waals surface area contributed by atoms with E-state index in [0.29, 0.717) is 28.5 Å². The summed E-state index contributed by atoms with van der Waals surface area (Å²) in [5.41, 5.74) is 2.88.